The molecule has 2 nitrogen and oxygen atoms in total. The first kappa shape index (κ1) is 28.6. The van der Waals surface area contributed by atoms with Gasteiger partial charge in [0.05, 0.1) is 0 Å². The molecular weight excluding hydrogens is 586 g/mol. The molecule has 1 aliphatic heterocycles. The van der Waals surface area contributed by atoms with E-state index in [1.54, 1.807) is 0 Å². The summed E-state index contributed by atoms with van der Waals surface area (Å²) < 4.78 is 0.326. The molecule has 0 bridgehead atoms. The molecule has 1 atom stereocenters. The fourth-order valence-corrected chi connectivity index (χ4v) is 84.4. The van der Waals surface area contributed by atoms with Gasteiger partial charge in [0.25, 0.3) is 0 Å². The van der Waals surface area contributed by atoms with E-state index >= 15 is 0 Å². The van der Waals surface area contributed by atoms with Crippen LogP contribution in [0.5, 0.6) is 0 Å². The Labute approximate surface area is 213 Å². The summed E-state index contributed by atoms with van der Waals surface area (Å²) in [7, 11) is 1.36. The van der Waals surface area contributed by atoms with Crippen LogP contribution in [-0.4, -0.2) is 62.4 Å². The van der Waals surface area contributed by atoms with E-state index in [9.17, 15) is 0 Å². The molecule has 0 amide bonds. The maximum absolute atomic E-state index is 8.42. The Morgan fingerprint density at radius 1 is 0.812 bits per heavy atom. The summed E-state index contributed by atoms with van der Waals surface area (Å²) in [6, 6.07) is 6.94. The Hall–Kier alpha value is 0.406. The summed E-state index contributed by atoms with van der Waals surface area (Å²) in [4.78, 5) is 5.14. The number of hydrogen-bond acceptors (Lipinski definition) is 2. The van der Waals surface area contributed by atoms with Gasteiger partial charge in [-0.2, -0.15) is 0 Å². The predicted octanol–water partition coefficient (Wildman–Crippen LogP) is 7.38. The van der Waals surface area contributed by atoms with Crippen molar-refractivity contribution < 1.29 is 0 Å². The molecule has 179 valence electrons. The number of allylic oxidation sites excluding steroid dienone is 2. The summed E-state index contributed by atoms with van der Waals surface area (Å²) in [5.41, 5.74) is 1.33. The Kier molecular flexibility index (Phi) is 8.47. The number of nitrogens with zero attached hydrogens (tertiary/aromatic N) is 1. The average Bonchev–Trinajstić information content (AvgIpc) is 2.59. The number of halogens is 1. The summed E-state index contributed by atoms with van der Waals surface area (Å²) in [5, 5.41) is 3.85. The van der Waals surface area contributed by atoms with Gasteiger partial charge in [0, 0.05) is 0 Å². The molecule has 0 spiro atoms. The Morgan fingerprint density at radius 3 is 1.69 bits per heavy atom. The zero-order chi connectivity index (χ0) is 24.8. The maximum atomic E-state index is 8.42. The molecule has 1 radical (unpaired) electrons. The monoisotopic (exact) mass is 630 g/mol. The van der Waals surface area contributed by atoms with Gasteiger partial charge < -0.3 is 0 Å². The first-order valence-electron chi connectivity index (χ1n) is 11.8. The van der Waals surface area contributed by atoms with Crippen LogP contribution in [0.2, 0.25) is 81.2 Å². The quantitative estimate of drug-likeness (QED) is 0.303. The molecule has 2 rings (SSSR count). The van der Waals surface area contributed by atoms with Gasteiger partial charge >= 0.3 is 215 Å². The van der Waals surface area contributed by atoms with E-state index in [0.717, 1.165) is 0 Å². The fourth-order valence-electron chi connectivity index (χ4n) is 6.90. The van der Waals surface area contributed by atoms with E-state index in [2.05, 4.69) is 127 Å². The van der Waals surface area contributed by atoms with Gasteiger partial charge in [-0.1, -0.05) is 0 Å². The Bertz CT molecular complexity index is 818. The number of dihydropyridines is 1. The van der Waals surface area contributed by atoms with Gasteiger partial charge in [-0.15, -0.1) is 0 Å². The van der Waals surface area contributed by atoms with Gasteiger partial charge in [0.1, 0.15) is 0 Å². The second-order valence-corrected chi connectivity index (χ2v) is 48.2. The van der Waals surface area contributed by atoms with Crippen LogP contribution in [0.1, 0.15) is 5.69 Å². The third kappa shape index (κ3) is 4.50. The molecule has 1 aliphatic rings. The van der Waals surface area contributed by atoms with Crippen LogP contribution in [0, 0.1) is 0 Å². The Morgan fingerprint density at radius 2 is 1.34 bits per heavy atom. The van der Waals surface area contributed by atoms with E-state index in [1.165, 1.54) is 5.69 Å². The molecule has 0 saturated carbocycles. The molecule has 0 fully saturated rings. The molecule has 2 heterocycles. The van der Waals surface area contributed by atoms with Crippen molar-refractivity contribution in [1.82, 2.24) is 10.3 Å². The van der Waals surface area contributed by atoms with Crippen LogP contribution in [0.4, 0.5) is 0 Å². The van der Waals surface area contributed by atoms with Crippen molar-refractivity contribution in [2.24, 2.45) is 0 Å². The molecule has 0 aromatic carbocycles. The number of hydrogen-bond donors (Lipinski definition) is 1. The van der Waals surface area contributed by atoms with Crippen molar-refractivity contribution >= 4 is 60.2 Å². The van der Waals surface area contributed by atoms with E-state index in [0.29, 0.717) is 6.04 Å². The SMILES string of the molecule is C[Si](C)(C)[C](c1ccccn1)([Sb+]([Cl])[C](C1C=CC=CN1)([Si](C)(C)C)[Si](C)(C)C)[Si](C)(C)C. The second-order valence-electron chi connectivity index (χ2n) is 13.4. The van der Waals surface area contributed by atoms with Crippen LogP contribution in [-0.2, 0) is 2.61 Å². The van der Waals surface area contributed by atoms with E-state index in [-0.39, 0.29) is 5.22 Å². The molecule has 1 aromatic rings. The van der Waals surface area contributed by atoms with Crippen molar-refractivity contribution in [3.8, 4) is 0 Å². The number of rotatable bonds is 8. The zero-order valence-electron chi connectivity index (χ0n) is 22.5. The summed E-state index contributed by atoms with van der Waals surface area (Å²) in [6.07, 6.45) is 11.0. The summed E-state index contributed by atoms with van der Waals surface area (Å²) >= 11 is -2.64. The van der Waals surface area contributed by atoms with Gasteiger partial charge in [-0.05, 0) is 0 Å². The van der Waals surface area contributed by atoms with Crippen LogP contribution in [0.25, 0.3) is 0 Å². The fraction of sp³-hybridized carbons (Fsp3) is 0.625. The topological polar surface area (TPSA) is 24.9 Å². The van der Waals surface area contributed by atoms with E-state index in [4.69, 9.17) is 13.8 Å². The number of nitrogens with one attached hydrogen (secondary N) is 1. The molecule has 1 N–H and O–H groups in total. The van der Waals surface area contributed by atoms with Gasteiger partial charge in [-0.3, -0.25) is 0 Å². The first-order chi connectivity index (χ1) is 14.4. The molecule has 32 heavy (non-hydrogen) atoms. The third-order valence-electron chi connectivity index (χ3n) is 7.33. The van der Waals surface area contributed by atoms with Crippen molar-refractivity contribution in [1.29, 1.82) is 0 Å². The summed E-state index contributed by atoms with van der Waals surface area (Å²) in [6.45, 7) is 31.2. The van der Waals surface area contributed by atoms with E-state index in [1.807, 2.05) is 6.20 Å². The average molecular weight is 632 g/mol. The van der Waals surface area contributed by atoms with Crippen molar-refractivity contribution in [3.63, 3.8) is 0 Å². The van der Waals surface area contributed by atoms with Gasteiger partial charge in [0.2, 0.25) is 0 Å². The molecule has 0 aliphatic carbocycles. The van der Waals surface area contributed by atoms with Gasteiger partial charge in [-0.25, -0.2) is 0 Å². The minimum atomic E-state index is -2.64. The standard InChI is InChI=1S/C12H24NSi2.C12H22NSi2.ClH.Sb/c2*1-14(2,3)12(15(4,5)6)11-9-7-8-10-13-11;;/h7-11,13H,1-6H3;7-10H,1-6H3;1H;/q;;;+2/p-1. The van der Waals surface area contributed by atoms with Crippen LogP contribution < -0.4 is 5.32 Å². The molecule has 1 unspecified atom stereocenters. The summed E-state index contributed by atoms with van der Waals surface area (Å²) in [5.74, 6) is 0. The number of pyridine rings is 1. The van der Waals surface area contributed by atoms with Gasteiger partial charge in [0.15, 0.2) is 0 Å². The van der Waals surface area contributed by atoms with Crippen LogP contribution in [0.3, 0.4) is 0 Å². The molecule has 0 saturated heterocycles. The molecule has 8 heteroatoms. The van der Waals surface area contributed by atoms with Crippen molar-refractivity contribution in [3.05, 3.63) is 54.5 Å². The predicted molar refractivity (Wildman–Crippen MR) is 159 cm³/mol. The van der Waals surface area contributed by atoms with Crippen molar-refractivity contribution in [2.75, 3.05) is 0 Å². The minimum absolute atomic E-state index is 0.114. The third-order valence-corrected chi connectivity index (χ3v) is 67.5. The first-order valence-corrected chi connectivity index (χ1v) is 31.6. The molecular formula is C24H46ClN2SbSi4+. The second kappa shape index (κ2) is 9.46. The zero-order valence-corrected chi connectivity index (χ0v) is 29.8. The van der Waals surface area contributed by atoms with Crippen molar-refractivity contribution in [2.45, 2.75) is 89.8 Å². The van der Waals surface area contributed by atoms with Crippen LogP contribution in [0.15, 0.2) is 48.8 Å². The molecule has 1 aromatic heterocycles. The normalized spacial score (nSPS) is 18.8. The van der Waals surface area contributed by atoms with E-state index < -0.39 is 51.4 Å². The number of aromatic nitrogens is 1. The Balaban J connectivity index is 3.08. The van der Waals surface area contributed by atoms with Crippen LogP contribution >= 0.6 is 8.83 Å².